The summed E-state index contributed by atoms with van der Waals surface area (Å²) in [5.41, 5.74) is 11.3. The number of nitrogens with one attached hydrogen (secondary N) is 2. The lowest BCUT2D eigenvalue weighted by Gasteiger charge is -2.32. The van der Waals surface area contributed by atoms with Crippen LogP contribution in [0.1, 0.15) is 78.2 Å². The van der Waals surface area contributed by atoms with Crippen LogP contribution in [0.15, 0.2) is 30.3 Å². The van der Waals surface area contributed by atoms with E-state index in [-0.39, 0.29) is 30.1 Å². The third-order valence-electron chi connectivity index (χ3n) is 6.55. The Morgan fingerprint density at radius 2 is 1.66 bits per heavy atom. The first-order valence-electron chi connectivity index (χ1n) is 13.1. The van der Waals surface area contributed by atoms with E-state index in [4.69, 9.17) is 5.73 Å². The van der Waals surface area contributed by atoms with Crippen molar-refractivity contribution in [2.75, 3.05) is 13.1 Å². The molecular formula is C27H46N4O4. The van der Waals surface area contributed by atoms with Gasteiger partial charge in [0.1, 0.15) is 0 Å². The number of carbonyl (C=O) groups excluding carboxylic acids is 3. The Morgan fingerprint density at radius 3 is 2.20 bits per heavy atom. The molecule has 0 unspecified atom stereocenters. The van der Waals surface area contributed by atoms with Crippen LogP contribution in [0.3, 0.4) is 0 Å². The molecule has 3 amide bonds. The van der Waals surface area contributed by atoms with Gasteiger partial charge in [-0.2, -0.15) is 0 Å². The van der Waals surface area contributed by atoms with Crippen molar-refractivity contribution in [2.24, 2.45) is 29.4 Å². The lowest BCUT2D eigenvalue weighted by molar-refractivity contribution is -0.148. The second-order valence-corrected chi connectivity index (χ2v) is 9.75. The maximum Gasteiger partial charge on any atom is 0.247 e. The maximum absolute atomic E-state index is 13.5. The van der Waals surface area contributed by atoms with Gasteiger partial charge in [0.15, 0.2) is 0 Å². The van der Waals surface area contributed by atoms with Gasteiger partial charge < -0.3 is 5.73 Å². The molecule has 0 aliphatic carbocycles. The van der Waals surface area contributed by atoms with E-state index in [2.05, 4.69) is 19.3 Å². The van der Waals surface area contributed by atoms with Gasteiger partial charge in [0.25, 0.3) is 0 Å². The summed E-state index contributed by atoms with van der Waals surface area (Å²) in [7, 11) is 0. The van der Waals surface area contributed by atoms with Gasteiger partial charge in [0, 0.05) is 13.0 Å². The van der Waals surface area contributed by atoms with E-state index in [1.807, 2.05) is 44.2 Å². The van der Waals surface area contributed by atoms with Crippen molar-refractivity contribution < 1.29 is 19.6 Å². The molecule has 0 heterocycles. The maximum atomic E-state index is 13.5. The number of amides is 3. The summed E-state index contributed by atoms with van der Waals surface area (Å²) in [6, 6.07) is 9.96. The normalized spacial score (nSPS) is 12.9. The van der Waals surface area contributed by atoms with Crippen LogP contribution >= 0.6 is 0 Å². The molecule has 0 saturated carbocycles. The van der Waals surface area contributed by atoms with Crippen LogP contribution in [0.5, 0.6) is 0 Å². The van der Waals surface area contributed by atoms with Crippen LogP contribution in [0, 0.1) is 23.7 Å². The van der Waals surface area contributed by atoms with Gasteiger partial charge in [0.05, 0.1) is 11.8 Å². The third kappa shape index (κ3) is 11.2. The van der Waals surface area contributed by atoms with Gasteiger partial charge in [-0.25, -0.2) is 5.48 Å². The molecule has 0 saturated heterocycles. The molecule has 8 heteroatoms. The number of nitrogens with two attached hydrogens (primary N) is 1. The number of hydrogen-bond acceptors (Lipinski definition) is 5. The largest absolute Gasteiger partial charge is 0.330 e. The van der Waals surface area contributed by atoms with Gasteiger partial charge in [0.2, 0.25) is 17.7 Å². The average Bonchev–Trinajstić information content (AvgIpc) is 2.86. The lowest BCUT2D eigenvalue weighted by Crippen LogP contribution is -2.52. The second-order valence-electron chi connectivity index (χ2n) is 9.75. The number of benzene rings is 1. The number of hydrogen-bond donors (Lipinski definition) is 4. The van der Waals surface area contributed by atoms with Crippen molar-refractivity contribution in [3.63, 3.8) is 0 Å². The minimum atomic E-state index is -0.708. The quantitative estimate of drug-likeness (QED) is 0.207. The second kappa shape index (κ2) is 17.1. The van der Waals surface area contributed by atoms with E-state index in [9.17, 15) is 19.6 Å². The first-order chi connectivity index (χ1) is 16.8. The number of hydroxylamine groups is 1. The summed E-state index contributed by atoms with van der Waals surface area (Å²) < 4.78 is 0. The minimum absolute atomic E-state index is 0.147. The first kappa shape index (κ1) is 30.6. The number of aryl methyl sites for hydroxylation is 1. The zero-order chi connectivity index (χ0) is 26.2. The van der Waals surface area contributed by atoms with E-state index in [0.29, 0.717) is 38.8 Å². The third-order valence-corrected chi connectivity index (χ3v) is 6.55. The fourth-order valence-electron chi connectivity index (χ4n) is 4.35. The molecule has 1 aromatic rings. The lowest BCUT2D eigenvalue weighted by atomic mass is 9.81. The number of rotatable bonds is 16. The highest BCUT2D eigenvalue weighted by atomic mass is 16.5. The van der Waals surface area contributed by atoms with Crippen LogP contribution in [-0.2, 0) is 20.8 Å². The highest BCUT2D eigenvalue weighted by Gasteiger charge is 2.35. The molecule has 0 radical (unpaired) electrons. The molecule has 0 spiro atoms. The minimum Gasteiger partial charge on any atom is -0.330 e. The number of hydrazine groups is 1. The summed E-state index contributed by atoms with van der Waals surface area (Å²) >= 11 is 0. The van der Waals surface area contributed by atoms with Crippen LogP contribution in [0.2, 0.25) is 0 Å². The van der Waals surface area contributed by atoms with E-state index in [0.717, 1.165) is 24.8 Å². The van der Waals surface area contributed by atoms with Gasteiger partial charge >= 0.3 is 0 Å². The predicted octanol–water partition coefficient (Wildman–Crippen LogP) is 3.83. The van der Waals surface area contributed by atoms with Crippen molar-refractivity contribution in [1.29, 1.82) is 0 Å². The Kier molecular flexibility index (Phi) is 14.9. The predicted molar refractivity (Wildman–Crippen MR) is 138 cm³/mol. The Hall–Kier alpha value is -2.45. The van der Waals surface area contributed by atoms with Crippen molar-refractivity contribution in [1.82, 2.24) is 15.9 Å². The molecule has 35 heavy (non-hydrogen) atoms. The Balaban J connectivity index is 3.07. The number of carbonyl (C=O) groups is 3. The van der Waals surface area contributed by atoms with Crippen molar-refractivity contribution in [3.8, 4) is 0 Å². The Morgan fingerprint density at radius 1 is 1.00 bits per heavy atom. The van der Waals surface area contributed by atoms with E-state index < -0.39 is 17.7 Å². The molecule has 0 aromatic heterocycles. The van der Waals surface area contributed by atoms with E-state index in [1.54, 1.807) is 5.48 Å². The van der Waals surface area contributed by atoms with Gasteiger partial charge in [-0.05, 0) is 56.0 Å². The van der Waals surface area contributed by atoms with Crippen LogP contribution in [-0.4, -0.2) is 41.0 Å². The molecule has 0 bridgehead atoms. The fourth-order valence-corrected chi connectivity index (χ4v) is 4.35. The number of nitrogens with zero attached hydrogens (tertiary/aromatic N) is 1. The van der Waals surface area contributed by atoms with Crippen molar-refractivity contribution in [2.45, 2.75) is 79.1 Å². The highest BCUT2D eigenvalue weighted by Crippen LogP contribution is 2.27. The fraction of sp³-hybridized carbons (Fsp3) is 0.667. The molecular weight excluding hydrogens is 444 g/mol. The molecule has 2 atom stereocenters. The molecule has 5 N–H and O–H groups in total. The average molecular weight is 491 g/mol. The van der Waals surface area contributed by atoms with Gasteiger partial charge in [-0.3, -0.25) is 30.0 Å². The van der Waals surface area contributed by atoms with Crippen LogP contribution < -0.4 is 16.6 Å². The molecule has 0 aliphatic rings. The Labute approximate surface area is 210 Å². The van der Waals surface area contributed by atoms with Crippen LogP contribution in [0.25, 0.3) is 0 Å². The molecule has 1 rings (SSSR count). The SMILES string of the molecule is CCC(CC)CN(NC(=O)[C@H](CC(C)C)[C@H](CCCc1ccccc1)C(=O)NO)C(=O)CCCN. The summed E-state index contributed by atoms with van der Waals surface area (Å²) in [6.07, 6.45) is 4.93. The summed E-state index contributed by atoms with van der Waals surface area (Å²) in [5.74, 6) is -2.09. The molecule has 198 valence electrons. The summed E-state index contributed by atoms with van der Waals surface area (Å²) in [4.78, 5) is 39.1. The summed E-state index contributed by atoms with van der Waals surface area (Å²) in [5, 5.41) is 10.8. The molecule has 0 aliphatic heterocycles. The summed E-state index contributed by atoms with van der Waals surface area (Å²) in [6.45, 7) is 8.93. The van der Waals surface area contributed by atoms with E-state index >= 15 is 0 Å². The zero-order valence-corrected chi connectivity index (χ0v) is 22.0. The topological polar surface area (TPSA) is 125 Å². The monoisotopic (exact) mass is 490 g/mol. The molecule has 0 fully saturated rings. The molecule has 1 aromatic carbocycles. The smallest absolute Gasteiger partial charge is 0.247 e. The van der Waals surface area contributed by atoms with Crippen molar-refractivity contribution >= 4 is 17.7 Å². The first-order valence-corrected chi connectivity index (χ1v) is 13.1. The van der Waals surface area contributed by atoms with E-state index in [1.165, 1.54) is 5.01 Å². The Bertz CT molecular complexity index is 753. The van der Waals surface area contributed by atoms with Gasteiger partial charge in [-0.15, -0.1) is 0 Å². The molecule has 8 nitrogen and oxygen atoms in total. The standard InChI is InChI=1S/C27H46N4O4/c1-5-21(6-2)19-31(25(32)16-11-17-28)29-26(33)24(18-20(3)4)23(27(34)30-35)15-10-14-22-12-8-7-9-13-22/h7-9,12-13,20-21,23-24,35H,5-6,10-11,14-19,28H2,1-4H3,(H,29,33)(H,30,34)/t23-,24+/m0/s1. The van der Waals surface area contributed by atoms with Crippen molar-refractivity contribution in [3.05, 3.63) is 35.9 Å². The van der Waals surface area contributed by atoms with Crippen LogP contribution in [0.4, 0.5) is 0 Å². The van der Waals surface area contributed by atoms with Gasteiger partial charge in [-0.1, -0.05) is 70.9 Å². The highest BCUT2D eigenvalue weighted by molar-refractivity contribution is 5.88. The zero-order valence-electron chi connectivity index (χ0n) is 22.0.